The van der Waals surface area contributed by atoms with E-state index in [4.69, 9.17) is 4.98 Å². The predicted octanol–water partition coefficient (Wildman–Crippen LogP) is 6.32. The number of rotatable bonds is 5. The van der Waals surface area contributed by atoms with E-state index in [0.29, 0.717) is 17.1 Å². The molecule has 2 aliphatic rings. The van der Waals surface area contributed by atoms with Gasteiger partial charge in [-0.3, -0.25) is 0 Å². The van der Waals surface area contributed by atoms with Gasteiger partial charge in [0, 0.05) is 60.3 Å². The molecule has 2 aromatic carbocycles. The van der Waals surface area contributed by atoms with Crippen molar-refractivity contribution in [2.45, 2.75) is 37.9 Å². The van der Waals surface area contributed by atoms with Gasteiger partial charge >= 0.3 is 0 Å². The van der Waals surface area contributed by atoms with Crippen molar-refractivity contribution in [2.75, 3.05) is 49.7 Å². The van der Waals surface area contributed by atoms with E-state index in [9.17, 15) is 0 Å². The Balaban J connectivity index is 0.00000133. The summed E-state index contributed by atoms with van der Waals surface area (Å²) in [6.45, 7) is 8.31. The summed E-state index contributed by atoms with van der Waals surface area (Å²) in [4.78, 5) is 14.2. The molecule has 34 heavy (non-hydrogen) atoms. The number of nitrogens with zero attached hydrogens (tertiary/aromatic N) is 4. The van der Waals surface area contributed by atoms with Gasteiger partial charge in [0.25, 0.3) is 0 Å². The molecule has 1 aliphatic carbocycles. The number of thioether (sulfide) groups is 1. The van der Waals surface area contributed by atoms with E-state index in [1.165, 1.54) is 24.1 Å². The highest BCUT2D eigenvalue weighted by atomic mass is 32.2. The van der Waals surface area contributed by atoms with Crippen molar-refractivity contribution in [2.24, 2.45) is 0 Å². The number of benzene rings is 2. The number of piperazine rings is 1. The minimum absolute atomic E-state index is 0.481. The highest BCUT2D eigenvalue weighted by Gasteiger charge is 2.17. The van der Waals surface area contributed by atoms with E-state index >= 15 is 0 Å². The van der Waals surface area contributed by atoms with Crippen molar-refractivity contribution >= 4 is 40.0 Å². The third kappa shape index (κ3) is 5.91. The van der Waals surface area contributed by atoms with Crippen LogP contribution in [-0.2, 0) is 0 Å². The molecule has 1 N–H and O–H groups in total. The van der Waals surface area contributed by atoms with Gasteiger partial charge in [-0.2, -0.15) is 11.8 Å². The van der Waals surface area contributed by atoms with Gasteiger partial charge in [-0.25, -0.2) is 9.97 Å². The Morgan fingerprint density at radius 2 is 1.79 bits per heavy atom. The number of allylic oxidation sites excluding steroid dienone is 1. The largest absolute Gasteiger partial charge is 0.369 e. The van der Waals surface area contributed by atoms with Gasteiger partial charge < -0.3 is 15.1 Å². The topological polar surface area (TPSA) is 44.3 Å². The fourth-order valence-corrected chi connectivity index (χ4v) is 5.19. The van der Waals surface area contributed by atoms with Crippen molar-refractivity contribution in [1.82, 2.24) is 14.9 Å². The zero-order valence-corrected chi connectivity index (χ0v) is 21.7. The number of nitrogens with one attached hydrogen (secondary N) is 1. The van der Waals surface area contributed by atoms with Crippen molar-refractivity contribution in [3.05, 3.63) is 66.4 Å². The quantitative estimate of drug-likeness (QED) is 0.436. The molecule has 6 heteroatoms. The normalized spacial score (nSPS) is 20.6. The fraction of sp³-hybridized carbons (Fsp3) is 0.429. The van der Waals surface area contributed by atoms with Crippen LogP contribution in [0.15, 0.2) is 60.8 Å². The first kappa shape index (κ1) is 24.6. The van der Waals surface area contributed by atoms with Crippen LogP contribution >= 0.6 is 11.8 Å². The monoisotopic (exact) mass is 475 g/mol. The maximum atomic E-state index is 4.84. The molecule has 1 aromatic heterocycles. The first-order chi connectivity index (χ1) is 16.7. The molecular formula is C28H37N5S. The highest BCUT2D eigenvalue weighted by molar-refractivity contribution is 7.99. The first-order valence-electron chi connectivity index (χ1n) is 12.5. The molecule has 1 aliphatic heterocycles. The molecule has 5 nitrogen and oxygen atoms in total. The van der Waals surface area contributed by atoms with Crippen LogP contribution in [0.4, 0.5) is 17.3 Å². The zero-order chi connectivity index (χ0) is 23.9. The second kappa shape index (κ2) is 11.7. The minimum atomic E-state index is 0.481. The van der Waals surface area contributed by atoms with Gasteiger partial charge in [0.2, 0.25) is 5.95 Å². The van der Waals surface area contributed by atoms with E-state index in [-0.39, 0.29) is 0 Å². The van der Waals surface area contributed by atoms with Crippen molar-refractivity contribution in [1.29, 1.82) is 0 Å². The molecule has 2 heterocycles. The standard InChI is InChI=1S/C26H31N5S.C2H6/c1-30-12-14-31(15-13-30)23-5-3-4-22(17-23)28-26-27-18-21-7-6-20(16-25(21)29-26)19-8-10-24(32-2)11-9-19;1-2/h3-8,10,16-19,24H,9,11-15H2,1-2H3,(H,27,28,29);1-2H3. The summed E-state index contributed by atoms with van der Waals surface area (Å²) in [5.41, 5.74) is 4.61. The van der Waals surface area contributed by atoms with Crippen LogP contribution < -0.4 is 10.2 Å². The minimum Gasteiger partial charge on any atom is -0.369 e. The molecule has 1 saturated heterocycles. The Kier molecular flexibility index (Phi) is 8.46. The van der Waals surface area contributed by atoms with E-state index in [1.807, 2.05) is 31.8 Å². The third-order valence-corrected chi connectivity index (χ3v) is 7.63. The number of anilines is 3. The van der Waals surface area contributed by atoms with Crippen LogP contribution in [0.1, 0.15) is 38.2 Å². The van der Waals surface area contributed by atoms with Crippen LogP contribution in [0, 0.1) is 0 Å². The summed E-state index contributed by atoms with van der Waals surface area (Å²) in [6.07, 6.45) is 11.3. The summed E-state index contributed by atoms with van der Waals surface area (Å²) in [5.74, 6) is 1.13. The van der Waals surface area contributed by atoms with Gasteiger partial charge in [0.1, 0.15) is 0 Å². The average Bonchev–Trinajstić information content (AvgIpc) is 2.90. The molecular weight excluding hydrogens is 438 g/mol. The van der Waals surface area contributed by atoms with Gasteiger partial charge in [-0.15, -0.1) is 0 Å². The van der Waals surface area contributed by atoms with Crippen LogP contribution in [0.25, 0.3) is 10.9 Å². The maximum Gasteiger partial charge on any atom is 0.227 e. The number of hydrogen-bond donors (Lipinski definition) is 1. The lowest BCUT2D eigenvalue weighted by molar-refractivity contribution is 0.313. The molecule has 0 saturated carbocycles. The van der Waals surface area contributed by atoms with E-state index in [2.05, 4.69) is 88.0 Å². The number of likely N-dealkylation sites (N-methyl/N-ethyl adjacent to an activating group) is 1. The summed E-state index contributed by atoms with van der Waals surface area (Å²) in [7, 11) is 2.18. The lowest BCUT2D eigenvalue weighted by Gasteiger charge is -2.34. The average molecular weight is 476 g/mol. The Morgan fingerprint density at radius 3 is 2.53 bits per heavy atom. The van der Waals surface area contributed by atoms with Gasteiger partial charge in [-0.05, 0) is 56.0 Å². The summed E-state index contributed by atoms with van der Waals surface area (Å²) in [6, 6.07) is 15.2. The molecule has 2 atom stereocenters. The van der Waals surface area contributed by atoms with Crippen LogP contribution in [-0.4, -0.2) is 59.6 Å². The molecule has 0 amide bonds. The maximum absolute atomic E-state index is 4.84. The summed E-state index contributed by atoms with van der Waals surface area (Å²) >= 11 is 1.94. The number of fused-ring (bicyclic) bond motifs is 1. The zero-order valence-electron chi connectivity index (χ0n) is 20.9. The molecule has 3 aromatic rings. The lowest BCUT2D eigenvalue weighted by atomic mass is 9.89. The first-order valence-corrected chi connectivity index (χ1v) is 13.7. The predicted molar refractivity (Wildman–Crippen MR) is 149 cm³/mol. The highest BCUT2D eigenvalue weighted by Crippen LogP contribution is 2.33. The lowest BCUT2D eigenvalue weighted by Crippen LogP contribution is -2.44. The molecule has 0 radical (unpaired) electrons. The molecule has 1 fully saturated rings. The summed E-state index contributed by atoms with van der Waals surface area (Å²) < 4.78 is 0. The molecule has 5 rings (SSSR count). The SMILES string of the molecule is CC.CSC1C=CC(c2ccc3cnc(Nc4cccc(N5CCN(C)CC5)c4)nc3c2)CC1. The van der Waals surface area contributed by atoms with Gasteiger partial charge in [0.15, 0.2) is 0 Å². The fourth-order valence-electron chi connectivity index (χ4n) is 4.57. The Bertz CT molecular complexity index is 1110. The van der Waals surface area contributed by atoms with Crippen LogP contribution in [0.5, 0.6) is 0 Å². The van der Waals surface area contributed by atoms with Gasteiger partial charge in [0.05, 0.1) is 5.52 Å². The Hall–Kier alpha value is -2.57. The van der Waals surface area contributed by atoms with E-state index in [0.717, 1.165) is 42.8 Å². The number of aromatic nitrogens is 2. The molecule has 0 bridgehead atoms. The van der Waals surface area contributed by atoms with Crippen LogP contribution in [0.2, 0.25) is 0 Å². The smallest absolute Gasteiger partial charge is 0.227 e. The van der Waals surface area contributed by atoms with Crippen molar-refractivity contribution in [3.8, 4) is 0 Å². The van der Waals surface area contributed by atoms with Crippen LogP contribution in [0.3, 0.4) is 0 Å². The van der Waals surface area contributed by atoms with E-state index in [1.54, 1.807) is 0 Å². The second-order valence-electron chi connectivity index (χ2n) is 8.82. The molecule has 0 spiro atoms. The Morgan fingerprint density at radius 1 is 0.971 bits per heavy atom. The van der Waals surface area contributed by atoms with E-state index < -0.39 is 0 Å². The van der Waals surface area contributed by atoms with Crippen molar-refractivity contribution in [3.63, 3.8) is 0 Å². The van der Waals surface area contributed by atoms with Crippen molar-refractivity contribution < 1.29 is 0 Å². The third-order valence-electron chi connectivity index (χ3n) is 6.63. The molecule has 180 valence electrons. The summed E-state index contributed by atoms with van der Waals surface area (Å²) in [5, 5.41) is 5.16. The van der Waals surface area contributed by atoms with Gasteiger partial charge in [-0.1, -0.05) is 44.2 Å². The molecule has 2 unspecified atom stereocenters. The Labute approximate surface area is 208 Å². The number of hydrogen-bond acceptors (Lipinski definition) is 6. The second-order valence-corrected chi connectivity index (χ2v) is 9.90.